The van der Waals surface area contributed by atoms with Crippen LogP contribution in [0.1, 0.15) is 67.6 Å². The lowest BCUT2D eigenvalue weighted by Gasteiger charge is -2.27. The van der Waals surface area contributed by atoms with Gasteiger partial charge in [-0.15, -0.1) is 0 Å². The number of carbonyl (C=O) groups is 2. The van der Waals surface area contributed by atoms with E-state index in [-0.39, 0.29) is 18.0 Å². The molecule has 1 amide bonds. The molecule has 3 rings (SSSR count). The van der Waals surface area contributed by atoms with Crippen LogP contribution in [0.2, 0.25) is 0 Å². The largest absolute Gasteiger partial charge is 0.480 e. The van der Waals surface area contributed by atoms with Gasteiger partial charge in [0.05, 0.1) is 19.8 Å². The highest BCUT2D eigenvalue weighted by atomic mass is 16.7. The molecule has 0 aromatic carbocycles. The summed E-state index contributed by atoms with van der Waals surface area (Å²) >= 11 is 0. The first-order chi connectivity index (χ1) is 14.4. The van der Waals surface area contributed by atoms with Crippen LogP contribution in [0.3, 0.4) is 0 Å². The third-order valence-electron chi connectivity index (χ3n) is 5.79. The van der Waals surface area contributed by atoms with Gasteiger partial charge in [-0.3, -0.25) is 9.59 Å². The number of carboxylic acids is 1. The van der Waals surface area contributed by atoms with E-state index in [0.717, 1.165) is 56.2 Å². The molecule has 0 bridgehead atoms. The van der Waals surface area contributed by atoms with Gasteiger partial charge in [0.15, 0.2) is 6.29 Å². The van der Waals surface area contributed by atoms with Crippen molar-refractivity contribution in [1.82, 2.24) is 9.88 Å². The quantitative estimate of drug-likeness (QED) is 0.730. The van der Waals surface area contributed by atoms with Gasteiger partial charge in [0.1, 0.15) is 11.6 Å². The normalized spacial score (nSPS) is 18.9. The molecule has 1 fully saturated rings. The Labute approximate surface area is 176 Å². The molecule has 2 heterocycles. The number of carboxylic acid groups (broad SMARTS) is 1. The zero-order valence-corrected chi connectivity index (χ0v) is 17.8. The van der Waals surface area contributed by atoms with Crippen LogP contribution >= 0.6 is 0 Å². The van der Waals surface area contributed by atoms with Crippen molar-refractivity contribution in [3.63, 3.8) is 0 Å². The lowest BCUT2D eigenvalue weighted by atomic mass is 9.95. The van der Waals surface area contributed by atoms with Crippen molar-refractivity contribution in [2.24, 2.45) is 5.92 Å². The standard InChI is InChI=1S/C22H32N2O6/c1-14(2)19(22(27)28)23-20(25)16-12-15-8-5-3-4-6-9-17(15)24(21(16)26)13-18-29-10-7-11-30-18/h12,14,18-19H,3-11,13H2,1-2H3,(H,23,25)(H,27,28). The van der Waals surface area contributed by atoms with Crippen LogP contribution in [0.25, 0.3) is 0 Å². The maximum absolute atomic E-state index is 13.3. The Morgan fingerprint density at radius 2 is 1.80 bits per heavy atom. The Morgan fingerprint density at radius 1 is 1.13 bits per heavy atom. The smallest absolute Gasteiger partial charge is 0.326 e. The molecule has 1 unspecified atom stereocenters. The van der Waals surface area contributed by atoms with Crippen molar-refractivity contribution in [3.05, 3.63) is 33.2 Å². The summed E-state index contributed by atoms with van der Waals surface area (Å²) in [5.41, 5.74) is 1.48. The number of rotatable bonds is 6. The Bertz CT molecular complexity index is 826. The van der Waals surface area contributed by atoms with Gasteiger partial charge in [-0.25, -0.2) is 4.79 Å². The molecule has 1 aliphatic heterocycles. The number of ether oxygens (including phenoxy) is 2. The fourth-order valence-electron chi connectivity index (χ4n) is 4.11. The molecule has 1 atom stereocenters. The molecule has 2 N–H and O–H groups in total. The monoisotopic (exact) mass is 420 g/mol. The van der Waals surface area contributed by atoms with Gasteiger partial charge in [-0.1, -0.05) is 26.7 Å². The van der Waals surface area contributed by atoms with E-state index in [4.69, 9.17) is 9.47 Å². The van der Waals surface area contributed by atoms with Crippen molar-refractivity contribution in [3.8, 4) is 0 Å². The van der Waals surface area contributed by atoms with Crippen molar-refractivity contribution in [2.75, 3.05) is 13.2 Å². The van der Waals surface area contributed by atoms with Crippen LogP contribution in [0, 0.1) is 5.92 Å². The van der Waals surface area contributed by atoms with E-state index < -0.39 is 29.8 Å². The van der Waals surface area contributed by atoms with Gasteiger partial charge in [0, 0.05) is 5.69 Å². The summed E-state index contributed by atoms with van der Waals surface area (Å²) in [4.78, 5) is 37.7. The number of amides is 1. The number of nitrogens with one attached hydrogen (secondary N) is 1. The van der Waals surface area contributed by atoms with Crippen LogP contribution in [-0.4, -0.2) is 47.1 Å². The highest BCUT2D eigenvalue weighted by molar-refractivity contribution is 5.96. The fraction of sp³-hybridized carbons (Fsp3) is 0.682. The zero-order valence-electron chi connectivity index (χ0n) is 17.8. The second-order valence-corrected chi connectivity index (χ2v) is 8.42. The van der Waals surface area contributed by atoms with E-state index in [0.29, 0.717) is 13.2 Å². The number of hydrogen-bond donors (Lipinski definition) is 2. The van der Waals surface area contributed by atoms with Crippen molar-refractivity contribution < 1.29 is 24.2 Å². The van der Waals surface area contributed by atoms with E-state index in [9.17, 15) is 19.5 Å². The first-order valence-corrected chi connectivity index (χ1v) is 10.9. The van der Waals surface area contributed by atoms with Crippen LogP contribution in [0.15, 0.2) is 10.9 Å². The third-order valence-corrected chi connectivity index (χ3v) is 5.79. The summed E-state index contributed by atoms with van der Waals surface area (Å²) in [6.07, 6.45) is 6.05. The molecule has 1 aromatic heterocycles. The summed E-state index contributed by atoms with van der Waals surface area (Å²) in [6, 6.07) is 0.605. The lowest BCUT2D eigenvalue weighted by molar-refractivity contribution is -0.185. The molecule has 166 valence electrons. The number of fused-ring (bicyclic) bond motifs is 1. The molecule has 0 spiro atoms. The van der Waals surface area contributed by atoms with Crippen LogP contribution < -0.4 is 10.9 Å². The van der Waals surface area contributed by atoms with Crippen molar-refractivity contribution in [1.29, 1.82) is 0 Å². The molecule has 1 aromatic rings. The first kappa shape index (κ1) is 22.5. The Kier molecular flexibility index (Phi) is 7.66. The van der Waals surface area contributed by atoms with Gasteiger partial charge in [0.25, 0.3) is 11.5 Å². The van der Waals surface area contributed by atoms with Crippen LogP contribution in [-0.2, 0) is 33.7 Å². The molecule has 30 heavy (non-hydrogen) atoms. The number of carbonyl (C=O) groups excluding carboxylic acids is 1. The SMILES string of the molecule is CC(C)C(NC(=O)c1cc2c(n(CC3OCCCO3)c1=O)CCCCCC2)C(=O)O. The maximum Gasteiger partial charge on any atom is 0.326 e. The highest BCUT2D eigenvalue weighted by Crippen LogP contribution is 2.21. The molecule has 8 heteroatoms. The van der Waals surface area contributed by atoms with E-state index in [1.165, 1.54) is 0 Å². The molecular formula is C22H32N2O6. The molecule has 1 saturated heterocycles. The summed E-state index contributed by atoms with van der Waals surface area (Å²) in [7, 11) is 0. The average molecular weight is 421 g/mol. The fourth-order valence-corrected chi connectivity index (χ4v) is 4.11. The van der Waals surface area contributed by atoms with Crippen molar-refractivity contribution >= 4 is 11.9 Å². The molecule has 0 radical (unpaired) electrons. The molecule has 1 aliphatic carbocycles. The molecule has 2 aliphatic rings. The van der Waals surface area contributed by atoms with Crippen LogP contribution in [0.5, 0.6) is 0 Å². The van der Waals surface area contributed by atoms with Gasteiger partial charge >= 0.3 is 5.97 Å². The predicted octanol–water partition coefficient (Wildman–Crippen LogP) is 2.11. The van der Waals surface area contributed by atoms with Gasteiger partial charge in [-0.2, -0.15) is 0 Å². The summed E-state index contributed by atoms with van der Waals surface area (Å²) in [5, 5.41) is 11.9. The number of aliphatic carboxylic acids is 1. The Balaban J connectivity index is 1.99. The minimum Gasteiger partial charge on any atom is -0.480 e. The lowest BCUT2D eigenvalue weighted by Crippen LogP contribution is -2.47. The van der Waals surface area contributed by atoms with E-state index in [1.807, 2.05) is 0 Å². The third kappa shape index (κ3) is 5.29. The van der Waals surface area contributed by atoms with Gasteiger partial charge in [-0.05, 0) is 49.7 Å². The summed E-state index contributed by atoms with van der Waals surface area (Å²) in [5.74, 6) is -2.07. The topological polar surface area (TPSA) is 107 Å². The Morgan fingerprint density at radius 3 is 2.43 bits per heavy atom. The minimum absolute atomic E-state index is 0.0166. The number of aromatic nitrogens is 1. The van der Waals surface area contributed by atoms with Crippen LogP contribution in [0.4, 0.5) is 0 Å². The van der Waals surface area contributed by atoms with E-state index >= 15 is 0 Å². The second-order valence-electron chi connectivity index (χ2n) is 8.42. The van der Waals surface area contributed by atoms with Gasteiger partial charge in [0.2, 0.25) is 0 Å². The number of pyridine rings is 1. The number of hydrogen-bond acceptors (Lipinski definition) is 5. The summed E-state index contributed by atoms with van der Waals surface area (Å²) < 4.78 is 12.9. The predicted molar refractivity (Wildman–Crippen MR) is 111 cm³/mol. The Hall–Kier alpha value is -2.19. The number of aryl methyl sites for hydroxylation is 1. The van der Waals surface area contributed by atoms with Crippen molar-refractivity contribution in [2.45, 2.75) is 77.7 Å². The molecule has 0 saturated carbocycles. The molecular weight excluding hydrogens is 388 g/mol. The summed E-state index contributed by atoms with van der Waals surface area (Å²) in [6.45, 7) is 4.83. The zero-order chi connectivity index (χ0) is 21.7. The van der Waals surface area contributed by atoms with Gasteiger partial charge < -0.3 is 24.5 Å². The maximum atomic E-state index is 13.3. The molecule has 8 nitrogen and oxygen atoms in total. The average Bonchev–Trinajstić information content (AvgIpc) is 2.69. The van der Waals surface area contributed by atoms with E-state index in [1.54, 1.807) is 24.5 Å². The minimum atomic E-state index is -1.12. The second kappa shape index (κ2) is 10.2. The highest BCUT2D eigenvalue weighted by Gasteiger charge is 2.28. The van der Waals surface area contributed by atoms with E-state index in [2.05, 4.69) is 5.32 Å². The number of nitrogens with zero attached hydrogens (tertiary/aromatic N) is 1. The first-order valence-electron chi connectivity index (χ1n) is 10.9.